The lowest BCUT2D eigenvalue weighted by Gasteiger charge is -2.22. The van der Waals surface area contributed by atoms with Gasteiger partial charge in [0.1, 0.15) is 0 Å². The van der Waals surface area contributed by atoms with E-state index in [0.717, 1.165) is 26.1 Å². The Morgan fingerprint density at radius 1 is 0.800 bits per heavy atom. The molecule has 0 atom stereocenters. The van der Waals surface area contributed by atoms with Crippen LogP contribution in [0.3, 0.4) is 0 Å². The fourth-order valence-corrected chi connectivity index (χ4v) is 4.82. The molecule has 2 aromatic heterocycles. The highest BCUT2D eigenvalue weighted by molar-refractivity contribution is 7.10. The molecule has 30 heavy (non-hydrogen) atoms. The monoisotopic (exact) mass is 434 g/mol. The zero-order chi connectivity index (χ0) is 20.8. The van der Waals surface area contributed by atoms with E-state index in [4.69, 9.17) is 0 Å². The van der Waals surface area contributed by atoms with E-state index in [-0.39, 0.29) is 24.8 Å². The van der Waals surface area contributed by atoms with Crippen LogP contribution in [0, 0.1) is 0 Å². The van der Waals surface area contributed by atoms with Crippen molar-refractivity contribution >= 4 is 45.3 Å². The number of carbonyl (C=O) groups excluding carboxylic acids is 2. The Morgan fingerprint density at radius 3 is 2.13 bits per heavy atom. The maximum atomic E-state index is 12.9. The average Bonchev–Trinajstić information content (AvgIpc) is 3.46. The first-order valence-electron chi connectivity index (χ1n) is 9.75. The number of hydrogen-bond donors (Lipinski definition) is 1. The predicted molar refractivity (Wildman–Crippen MR) is 124 cm³/mol. The Kier molecular flexibility index (Phi) is 6.57. The van der Waals surface area contributed by atoms with Gasteiger partial charge in [-0.15, -0.1) is 22.7 Å². The number of nitrogens with one attached hydrogen (secondary N) is 1. The van der Waals surface area contributed by atoms with E-state index in [1.165, 1.54) is 0 Å². The molecule has 0 saturated heterocycles. The molecule has 0 saturated carbocycles. The fourth-order valence-electron chi connectivity index (χ4n) is 3.38. The first kappa shape index (κ1) is 20.3. The lowest BCUT2D eigenvalue weighted by atomic mass is 10.0. The van der Waals surface area contributed by atoms with Crippen molar-refractivity contribution in [3.63, 3.8) is 0 Å². The van der Waals surface area contributed by atoms with Gasteiger partial charge in [0.15, 0.2) is 0 Å². The second kappa shape index (κ2) is 9.69. The minimum absolute atomic E-state index is 0.000347. The molecule has 4 aromatic rings. The molecule has 0 radical (unpaired) electrons. The molecule has 2 amide bonds. The number of hydrogen-bond acceptors (Lipinski definition) is 4. The molecule has 6 heteroatoms. The molecule has 0 aliphatic rings. The predicted octanol–water partition coefficient (Wildman–Crippen LogP) is 4.85. The van der Waals surface area contributed by atoms with Gasteiger partial charge in [0.25, 0.3) is 0 Å². The van der Waals surface area contributed by atoms with E-state index < -0.39 is 0 Å². The van der Waals surface area contributed by atoms with Gasteiger partial charge in [-0.2, -0.15) is 0 Å². The van der Waals surface area contributed by atoms with Gasteiger partial charge in [0.2, 0.25) is 11.8 Å². The summed E-state index contributed by atoms with van der Waals surface area (Å²) in [6.07, 6.45) is 0.254. The van der Waals surface area contributed by atoms with Crippen molar-refractivity contribution in [2.75, 3.05) is 6.54 Å². The van der Waals surface area contributed by atoms with E-state index in [9.17, 15) is 9.59 Å². The molecule has 0 aliphatic carbocycles. The third kappa shape index (κ3) is 5.14. The summed E-state index contributed by atoms with van der Waals surface area (Å²) in [5.41, 5.74) is 0.965. The summed E-state index contributed by atoms with van der Waals surface area (Å²) in [5, 5.41) is 9.01. The molecule has 4 rings (SSSR count). The van der Waals surface area contributed by atoms with Crippen molar-refractivity contribution in [3.8, 4) is 0 Å². The first-order chi connectivity index (χ1) is 14.7. The van der Waals surface area contributed by atoms with Crippen molar-refractivity contribution < 1.29 is 9.59 Å². The van der Waals surface area contributed by atoms with Crippen LogP contribution >= 0.6 is 22.7 Å². The zero-order valence-corrected chi connectivity index (χ0v) is 18.0. The van der Waals surface area contributed by atoms with Crippen LogP contribution in [0.5, 0.6) is 0 Å². The standard InChI is InChI=1S/C24H22N2O2S2/c27-23(14-19-8-3-7-18-6-1-2-11-22(18)19)25-15-24(28)26(16-20-9-4-12-29-20)17-21-10-5-13-30-21/h1-13H,14-17H2,(H,25,27). The maximum Gasteiger partial charge on any atom is 0.242 e. The van der Waals surface area contributed by atoms with Crippen molar-refractivity contribution in [2.24, 2.45) is 0 Å². The first-order valence-corrected chi connectivity index (χ1v) is 11.5. The summed E-state index contributed by atoms with van der Waals surface area (Å²) in [7, 11) is 0. The van der Waals surface area contributed by atoms with Crippen molar-refractivity contribution in [2.45, 2.75) is 19.5 Å². The molecule has 0 fully saturated rings. The Morgan fingerprint density at radius 2 is 1.47 bits per heavy atom. The molecule has 0 unspecified atom stereocenters. The molecule has 0 spiro atoms. The van der Waals surface area contributed by atoms with Gasteiger partial charge in [0.05, 0.1) is 26.1 Å². The van der Waals surface area contributed by atoms with Crippen LogP contribution in [0.25, 0.3) is 10.8 Å². The van der Waals surface area contributed by atoms with Crippen molar-refractivity contribution in [3.05, 3.63) is 92.8 Å². The minimum Gasteiger partial charge on any atom is -0.347 e. The number of nitrogens with zero attached hydrogens (tertiary/aromatic N) is 1. The molecular formula is C24H22N2O2S2. The topological polar surface area (TPSA) is 49.4 Å². The number of thiophene rings is 2. The lowest BCUT2D eigenvalue weighted by molar-refractivity contribution is -0.133. The lowest BCUT2D eigenvalue weighted by Crippen LogP contribution is -2.39. The van der Waals surface area contributed by atoms with E-state index in [0.29, 0.717) is 13.1 Å². The molecule has 0 aliphatic heterocycles. The van der Waals surface area contributed by atoms with E-state index in [1.807, 2.05) is 77.5 Å². The van der Waals surface area contributed by atoms with E-state index in [1.54, 1.807) is 27.6 Å². The summed E-state index contributed by atoms with van der Waals surface area (Å²) >= 11 is 3.26. The second-order valence-electron chi connectivity index (χ2n) is 7.00. The van der Waals surface area contributed by atoms with Crippen LogP contribution in [-0.4, -0.2) is 23.3 Å². The van der Waals surface area contributed by atoms with Crippen LogP contribution in [-0.2, 0) is 29.1 Å². The van der Waals surface area contributed by atoms with Gasteiger partial charge in [-0.05, 0) is 39.2 Å². The van der Waals surface area contributed by atoms with Crippen LogP contribution in [0.1, 0.15) is 15.3 Å². The molecule has 152 valence electrons. The Hall–Kier alpha value is -2.96. The zero-order valence-electron chi connectivity index (χ0n) is 16.4. The summed E-state index contributed by atoms with van der Waals surface area (Å²) in [5.74, 6) is -0.227. The second-order valence-corrected chi connectivity index (χ2v) is 9.06. The molecule has 1 N–H and O–H groups in total. The van der Waals surface area contributed by atoms with Gasteiger partial charge in [0, 0.05) is 9.75 Å². The Labute approximate surface area is 183 Å². The summed E-state index contributed by atoms with van der Waals surface area (Å²) in [4.78, 5) is 29.5. The molecule has 2 aromatic carbocycles. The highest BCUT2D eigenvalue weighted by Crippen LogP contribution is 2.19. The third-order valence-electron chi connectivity index (χ3n) is 4.87. The summed E-state index contributed by atoms with van der Waals surface area (Å²) in [6, 6.07) is 22.0. The summed E-state index contributed by atoms with van der Waals surface area (Å²) in [6.45, 7) is 1.10. The Bertz CT molecular complexity index is 1080. The molecule has 0 bridgehead atoms. The Balaban J connectivity index is 1.38. The maximum absolute atomic E-state index is 12.9. The van der Waals surface area contributed by atoms with E-state index in [2.05, 4.69) is 5.32 Å². The quantitative estimate of drug-likeness (QED) is 0.431. The SMILES string of the molecule is O=C(Cc1cccc2ccccc12)NCC(=O)N(Cc1cccs1)Cc1cccs1. The van der Waals surface area contributed by atoms with Gasteiger partial charge in [-0.25, -0.2) is 0 Å². The summed E-state index contributed by atoms with van der Waals surface area (Å²) < 4.78 is 0. The number of benzene rings is 2. The third-order valence-corrected chi connectivity index (χ3v) is 6.60. The van der Waals surface area contributed by atoms with Gasteiger partial charge < -0.3 is 10.2 Å². The average molecular weight is 435 g/mol. The number of carbonyl (C=O) groups is 2. The van der Waals surface area contributed by atoms with Gasteiger partial charge in [-0.3, -0.25) is 9.59 Å². The number of rotatable bonds is 8. The minimum atomic E-state index is -0.146. The van der Waals surface area contributed by atoms with Crippen LogP contribution in [0.2, 0.25) is 0 Å². The highest BCUT2D eigenvalue weighted by atomic mass is 32.1. The normalized spacial score (nSPS) is 10.8. The van der Waals surface area contributed by atoms with Crippen molar-refractivity contribution in [1.29, 1.82) is 0 Å². The van der Waals surface area contributed by atoms with Gasteiger partial charge in [-0.1, -0.05) is 54.6 Å². The van der Waals surface area contributed by atoms with Gasteiger partial charge >= 0.3 is 0 Å². The highest BCUT2D eigenvalue weighted by Gasteiger charge is 2.17. The van der Waals surface area contributed by atoms with Crippen LogP contribution in [0.4, 0.5) is 0 Å². The van der Waals surface area contributed by atoms with Crippen LogP contribution in [0.15, 0.2) is 77.5 Å². The molecule has 4 nitrogen and oxygen atoms in total. The molecule has 2 heterocycles. The van der Waals surface area contributed by atoms with E-state index >= 15 is 0 Å². The van der Waals surface area contributed by atoms with Crippen molar-refractivity contribution in [1.82, 2.24) is 10.2 Å². The van der Waals surface area contributed by atoms with Crippen LogP contribution < -0.4 is 5.32 Å². The molecular weight excluding hydrogens is 412 g/mol. The number of amides is 2. The number of fused-ring (bicyclic) bond motifs is 1. The largest absolute Gasteiger partial charge is 0.347 e. The smallest absolute Gasteiger partial charge is 0.242 e. The fraction of sp³-hybridized carbons (Fsp3) is 0.167.